The highest BCUT2D eigenvalue weighted by atomic mass is 32.1. The van der Waals surface area contributed by atoms with Crippen molar-refractivity contribution in [2.75, 3.05) is 19.0 Å². The molecule has 0 radical (unpaired) electrons. The number of aromatic nitrogens is 1. The zero-order chi connectivity index (χ0) is 18.8. The number of hydrogen-bond donors (Lipinski definition) is 1. The predicted octanol–water partition coefficient (Wildman–Crippen LogP) is 3.10. The van der Waals surface area contributed by atoms with E-state index in [1.807, 2.05) is 17.5 Å². The number of halogens is 1. The van der Waals surface area contributed by atoms with Crippen molar-refractivity contribution in [3.05, 3.63) is 64.0 Å². The summed E-state index contributed by atoms with van der Waals surface area (Å²) in [4.78, 5) is 16.5. The molecule has 0 saturated carbocycles. The predicted molar refractivity (Wildman–Crippen MR) is 103 cm³/mol. The van der Waals surface area contributed by atoms with Gasteiger partial charge in [0, 0.05) is 23.6 Å². The van der Waals surface area contributed by atoms with Crippen LogP contribution >= 0.6 is 11.3 Å². The van der Waals surface area contributed by atoms with E-state index in [1.54, 1.807) is 36.0 Å². The Balaban J connectivity index is 1.77. The van der Waals surface area contributed by atoms with Gasteiger partial charge in [0.05, 0.1) is 17.6 Å². The molecule has 0 atom stereocenters. The first kappa shape index (κ1) is 17.2. The first-order valence-corrected chi connectivity index (χ1v) is 9.03. The first-order valence-electron chi connectivity index (χ1n) is 8.15. The van der Waals surface area contributed by atoms with Crippen LogP contribution in [0.3, 0.4) is 0 Å². The number of fused-ring (bicyclic) bond motifs is 1. The van der Waals surface area contributed by atoms with E-state index in [-0.39, 0.29) is 18.3 Å². The van der Waals surface area contributed by atoms with Gasteiger partial charge >= 0.3 is 0 Å². The van der Waals surface area contributed by atoms with E-state index in [9.17, 15) is 9.18 Å². The molecule has 1 aromatic heterocycles. The summed E-state index contributed by atoms with van der Waals surface area (Å²) in [7, 11) is 1.67. The number of ether oxygens (including phenoxy) is 1. The Hall–Kier alpha value is -3.26. The summed E-state index contributed by atoms with van der Waals surface area (Å²) >= 11 is 1.42. The molecule has 0 aliphatic carbocycles. The molecule has 0 saturated heterocycles. The molecular formula is C19H15FN4O2S. The molecular weight excluding hydrogens is 367 g/mol. The van der Waals surface area contributed by atoms with Gasteiger partial charge in [-0.2, -0.15) is 5.10 Å². The van der Waals surface area contributed by atoms with Crippen LogP contribution in [0.1, 0.15) is 5.56 Å². The number of carbonyl (C=O) groups is 1. The highest BCUT2D eigenvalue weighted by Crippen LogP contribution is 2.32. The molecule has 1 amide bonds. The minimum Gasteiger partial charge on any atom is -0.482 e. The fourth-order valence-electron chi connectivity index (χ4n) is 2.70. The Bertz CT molecular complexity index is 1120. The van der Waals surface area contributed by atoms with Gasteiger partial charge in [-0.1, -0.05) is 18.2 Å². The lowest BCUT2D eigenvalue weighted by molar-refractivity contribution is -0.118. The van der Waals surface area contributed by atoms with Crippen molar-refractivity contribution in [2.45, 2.75) is 0 Å². The van der Waals surface area contributed by atoms with Gasteiger partial charge in [-0.15, -0.1) is 11.3 Å². The Morgan fingerprint density at radius 2 is 2.15 bits per heavy atom. The zero-order valence-corrected chi connectivity index (χ0v) is 15.2. The SMILES string of the molecule is CN=c1scc(-c2ccc3c(c2)NC(=O)CO3)n1N=Cc1ccccc1F. The van der Waals surface area contributed by atoms with Crippen molar-refractivity contribution in [1.29, 1.82) is 0 Å². The van der Waals surface area contributed by atoms with Gasteiger partial charge in [0.25, 0.3) is 5.91 Å². The van der Waals surface area contributed by atoms with Gasteiger partial charge in [-0.25, -0.2) is 9.07 Å². The maximum atomic E-state index is 13.9. The highest BCUT2D eigenvalue weighted by molar-refractivity contribution is 7.07. The molecule has 6 nitrogen and oxygen atoms in total. The maximum Gasteiger partial charge on any atom is 0.262 e. The van der Waals surface area contributed by atoms with Crippen molar-refractivity contribution in [3.63, 3.8) is 0 Å². The summed E-state index contributed by atoms with van der Waals surface area (Å²) in [6, 6.07) is 11.9. The van der Waals surface area contributed by atoms with Crippen LogP contribution in [-0.2, 0) is 4.79 Å². The molecule has 136 valence electrons. The molecule has 3 aromatic rings. The lowest BCUT2D eigenvalue weighted by Gasteiger charge is -2.18. The van der Waals surface area contributed by atoms with Gasteiger partial charge in [0.1, 0.15) is 11.6 Å². The lowest BCUT2D eigenvalue weighted by atomic mass is 10.1. The van der Waals surface area contributed by atoms with Crippen LogP contribution in [0.2, 0.25) is 0 Å². The number of thiazole rings is 1. The molecule has 1 aliphatic rings. The van der Waals surface area contributed by atoms with E-state index in [0.717, 1.165) is 11.3 Å². The maximum absolute atomic E-state index is 13.9. The highest BCUT2D eigenvalue weighted by Gasteiger charge is 2.17. The van der Waals surface area contributed by atoms with E-state index in [1.165, 1.54) is 23.6 Å². The monoisotopic (exact) mass is 382 g/mol. The largest absolute Gasteiger partial charge is 0.482 e. The molecule has 0 spiro atoms. The molecule has 27 heavy (non-hydrogen) atoms. The fraction of sp³-hybridized carbons (Fsp3) is 0.105. The number of amides is 1. The van der Waals surface area contributed by atoms with Gasteiger partial charge in [0.2, 0.25) is 4.80 Å². The third-order valence-electron chi connectivity index (χ3n) is 4.00. The third kappa shape index (κ3) is 3.39. The summed E-state index contributed by atoms with van der Waals surface area (Å²) in [5, 5.41) is 9.13. The average molecular weight is 382 g/mol. The van der Waals surface area contributed by atoms with Gasteiger partial charge in [0.15, 0.2) is 6.61 Å². The second kappa shape index (κ2) is 7.16. The van der Waals surface area contributed by atoms with Crippen LogP contribution in [0.25, 0.3) is 11.3 Å². The summed E-state index contributed by atoms with van der Waals surface area (Å²) in [5.41, 5.74) is 2.59. The van der Waals surface area contributed by atoms with E-state index in [2.05, 4.69) is 15.4 Å². The zero-order valence-electron chi connectivity index (χ0n) is 14.3. The number of nitrogens with zero attached hydrogens (tertiary/aromatic N) is 3. The third-order valence-corrected chi connectivity index (χ3v) is 4.91. The molecule has 1 aliphatic heterocycles. The molecule has 0 fully saturated rings. The van der Waals surface area contributed by atoms with Crippen molar-refractivity contribution >= 4 is 29.1 Å². The van der Waals surface area contributed by atoms with Gasteiger partial charge in [-0.05, 0) is 24.3 Å². The summed E-state index contributed by atoms with van der Waals surface area (Å²) in [6.07, 6.45) is 1.46. The number of anilines is 1. The van der Waals surface area contributed by atoms with Crippen LogP contribution in [-0.4, -0.2) is 30.5 Å². The van der Waals surface area contributed by atoms with Crippen LogP contribution in [0.15, 0.2) is 57.9 Å². The summed E-state index contributed by atoms with van der Waals surface area (Å²) in [5.74, 6) is 0.0808. The fourth-order valence-corrected chi connectivity index (χ4v) is 3.51. The summed E-state index contributed by atoms with van der Waals surface area (Å²) < 4.78 is 20.9. The quantitative estimate of drug-likeness (QED) is 0.708. The normalized spacial score (nSPS) is 14.1. The number of carbonyl (C=O) groups excluding carboxylic acids is 1. The smallest absolute Gasteiger partial charge is 0.262 e. The van der Waals surface area contributed by atoms with Crippen molar-refractivity contribution in [3.8, 4) is 17.0 Å². The van der Waals surface area contributed by atoms with Crippen molar-refractivity contribution < 1.29 is 13.9 Å². The van der Waals surface area contributed by atoms with Crippen LogP contribution in [0, 0.1) is 5.82 Å². The number of benzene rings is 2. The first-order chi connectivity index (χ1) is 13.2. The molecule has 2 aromatic carbocycles. The topological polar surface area (TPSA) is 68.0 Å². The number of rotatable bonds is 3. The minimum atomic E-state index is -0.345. The standard InChI is InChI=1S/C19H15FN4O2S/c1-21-19-24(22-9-13-4-2-3-5-14(13)20)16(11-27-19)12-6-7-17-15(8-12)23-18(25)10-26-17/h2-9,11H,10H2,1H3,(H,23,25). The van der Waals surface area contributed by atoms with Crippen molar-refractivity contribution in [1.82, 2.24) is 4.68 Å². The molecule has 0 unspecified atom stereocenters. The number of hydrogen-bond acceptors (Lipinski definition) is 5. The Morgan fingerprint density at radius 3 is 2.96 bits per heavy atom. The van der Waals surface area contributed by atoms with Gasteiger partial charge < -0.3 is 10.1 Å². The summed E-state index contributed by atoms with van der Waals surface area (Å²) in [6.45, 7) is 0.0105. The molecule has 0 bridgehead atoms. The van der Waals surface area contributed by atoms with E-state index in [4.69, 9.17) is 4.74 Å². The second-order valence-electron chi connectivity index (χ2n) is 5.75. The van der Waals surface area contributed by atoms with Crippen LogP contribution in [0.5, 0.6) is 5.75 Å². The Morgan fingerprint density at radius 1 is 1.30 bits per heavy atom. The van der Waals surface area contributed by atoms with Crippen molar-refractivity contribution in [2.24, 2.45) is 10.1 Å². The second-order valence-corrected chi connectivity index (χ2v) is 6.59. The number of nitrogens with one attached hydrogen (secondary N) is 1. The molecule has 2 heterocycles. The lowest BCUT2D eigenvalue weighted by Crippen LogP contribution is -2.25. The van der Waals surface area contributed by atoms with E-state index >= 15 is 0 Å². The average Bonchev–Trinajstić information content (AvgIpc) is 3.09. The van der Waals surface area contributed by atoms with Crippen LogP contribution in [0.4, 0.5) is 10.1 Å². The minimum absolute atomic E-state index is 0.0105. The van der Waals surface area contributed by atoms with Crippen LogP contribution < -0.4 is 14.9 Å². The Labute approximate surface area is 158 Å². The van der Waals surface area contributed by atoms with Gasteiger partial charge in [-0.3, -0.25) is 9.79 Å². The van der Waals surface area contributed by atoms with E-state index < -0.39 is 0 Å². The Kier molecular flexibility index (Phi) is 4.55. The molecule has 1 N–H and O–H groups in total. The molecule has 4 rings (SSSR count). The molecule has 8 heteroatoms. The van der Waals surface area contributed by atoms with E-state index in [0.29, 0.717) is 21.8 Å².